The van der Waals surface area contributed by atoms with Crippen LogP contribution in [0.15, 0.2) is 18.2 Å². The summed E-state index contributed by atoms with van der Waals surface area (Å²) in [6, 6.07) is 5.31. The Kier molecular flexibility index (Phi) is 3.15. The van der Waals surface area contributed by atoms with Crippen molar-refractivity contribution in [1.82, 2.24) is 4.98 Å². The zero-order chi connectivity index (χ0) is 12.5. The second-order valence-corrected chi connectivity index (χ2v) is 6.48. The molecule has 1 fully saturated rings. The molecule has 1 saturated heterocycles. The molecular weight excluding hydrogens is 240 g/mol. The Morgan fingerprint density at radius 1 is 1.47 bits per heavy atom. The fourth-order valence-electron chi connectivity index (χ4n) is 1.84. The van der Waals surface area contributed by atoms with Crippen molar-refractivity contribution in [2.75, 3.05) is 16.8 Å². The Labute approximate surface area is 100 Å². The van der Waals surface area contributed by atoms with Gasteiger partial charge in [-0.15, -0.1) is 0 Å². The van der Waals surface area contributed by atoms with Crippen LogP contribution < -0.4 is 5.32 Å². The molecule has 17 heavy (non-hydrogen) atoms. The second kappa shape index (κ2) is 4.44. The van der Waals surface area contributed by atoms with E-state index in [1.165, 1.54) is 0 Å². The summed E-state index contributed by atoms with van der Waals surface area (Å²) in [6.45, 7) is 1.83. The summed E-state index contributed by atoms with van der Waals surface area (Å²) in [5, 5.41) is 2.65. The van der Waals surface area contributed by atoms with Gasteiger partial charge < -0.3 is 5.32 Å². The first-order valence-corrected chi connectivity index (χ1v) is 7.23. The third kappa shape index (κ3) is 3.03. The summed E-state index contributed by atoms with van der Waals surface area (Å²) in [5.41, 5.74) is 0.807. The molecule has 1 aliphatic heterocycles. The van der Waals surface area contributed by atoms with Gasteiger partial charge in [0.2, 0.25) is 5.91 Å². The smallest absolute Gasteiger partial charge is 0.229 e. The van der Waals surface area contributed by atoms with Gasteiger partial charge in [-0.05, 0) is 25.5 Å². The minimum absolute atomic E-state index is 0.0509. The van der Waals surface area contributed by atoms with Crippen molar-refractivity contribution >= 4 is 21.6 Å². The summed E-state index contributed by atoms with van der Waals surface area (Å²) >= 11 is 0. The predicted octanol–water partition coefficient (Wildman–Crippen LogP) is 0.763. The first-order chi connectivity index (χ1) is 7.96. The lowest BCUT2D eigenvalue weighted by molar-refractivity contribution is -0.119. The average molecular weight is 254 g/mol. The normalized spacial score (nSPS) is 22.3. The van der Waals surface area contributed by atoms with Gasteiger partial charge in [0.15, 0.2) is 9.84 Å². The van der Waals surface area contributed by atoms with Crippen LogP contribution in [0.4, 0.5) is 5.82 Å². The Bertz CT molecular complexity index is 539. The lowest BCUT2D eigenvalue weighted by Crippen LogP contribution is -2.24. The number of pyridine rings is 1. The Morgan fingerprint density at radius 2 is 2.24 bits per heavy atom. The zero-order valence-corrected chi connectivity index (χ0v) is 10.3. The first-order valence-electron chi connectivity index (χ1n) is 5.41. The van der Waals surface area contributed by atoms with Crippen LogP contribution in [0.2, 0.25) is 0 Å². The van der Waals surface area contributed by atoms with Gasteiger partial charge in [0.1, 0.15) is 5.82 Å². The lowest BCUT2D eigenvalue weighted by atomic mass is 10.1. The Morgan fingerprint density at radius 3 is 2.82 bits per heavy atom. The Balaban J connectivity index is 2.03. The maximum absolute atomic E-state index is 11.8. The van der Waals surface area contributed by atoms with Crippen molar-refractivity contribution in [3.63, 3.8) is 0 Å². The summed E-state index contributed by atoms with van der Waals surface area (Å²) in [5.74, 6) is -0.178. The standard InChI is InChI=1S/C11H14N2O3S/c1-8-3-2-4-10(12-8)13-11(14)9-5-6-17(15,16)7-9/h2-4,9H,5-7H2,1H3,(H,12,13,14). The number of amides is 1. The molecule has 0 aliphatic carbocycles. The number of sulfone groups is 1. The van der Waals surface area contributed by atoms with E-state index >= 15 is 0 Å². The van der Waals surface area contributed by atoms with Gasteiger partial charge in [-0.1, -0.05) is 6.07 Å². The molecule has 0 aromatic carbocycles. The third-order valence-electron chi connectivity index (χ3n) is 2.74. The van der Waals surface area contributed by atoms with Crippen LogP contribution in [0.1, 0.15) is 12.1 Å². The topological polar surface area (TPSA) is 76.1 Å². The zero-order valence-electron chi connectivity index (χ0n) is 9.51. The van der Waals surface area contributed by atoms with E-state index in [-0.39, 0.29) is 17.4 Å². The van der Waals surface area contributed by atoms with Crippen LogP contribution >= 0.6 is 0 Å². The molecule has 2 heterocycles. The SMILES string of the molecule is Cc1cccc(NC(=O)C2CCS(=O)(=O)C2)n1. The molecule has 5 nitrogen and oxygen atoms in total. The molecule has 2 rings (SSSR count). The maximum Gasteiger partial charge on any atom is 0.229 e. The van der Waals surface area contributed by atoms with E-state index < -0.39 is 15.8 Å². The summed E-state index contributed by atoms with van der Waals surface area (Å²) in [7, 11) is -3.02. The monoisotopic (exact) mass is 254 g/mol. The van der Waals surface area contributed by atoms with E-state index in [0.717, 1.165) is 5.69 Å². The predicted molar refractivity (Wildman–Crippen MR) is 64.4 cm³/mol. The van der Waals surface area contributed by atoms with Gasteiger partial charge in [-0.25, -0.2) is 13.4 Å². The molecule has 1 aromatic heterocycles. The molecule has 6 heteroatoms. The fourth-order valence-corrected chi connectivity index (χ4v) is 3.58. The molecule has 1 atom stereocenters. The molecule has 1 N–H and O–H groups in total. The molecule has 0 saturated carbocycles. The summed E-state index contributed by atoms with van der Waals surface area (Å²) in [4.78, 5) is 15.9. The minimum Gasteiger partial charge on any atom is -0.310 e. The van der Waals surface area contributed by atoms with E-state index in [1.807, 2.05) is 13.0 Å². The maximum atomic E-state index is 11.8. The van der Waals surface area contributed by atoms with Gasteiger partial charge in [0.25, 0.3) is 0 Å². The van der Waals surface area contributed by atoms with E-state index in [9.17, 15) is 13.2 Å². The fraction of sp³-hybridized carbons (Fsp3) is 0.455. The van der Waals surface area contributed by atoms with Crippen LogP contribution in [0.5, 0.6) is 0 Å². The quantitative estimate of drug-likeness (QED) is 0.845. The highest BCUT2D eigenvalue weighted by Gasteiger charge is 2.32. The van der Waals surface area contributed by atoms with Gasteiger partial charge in [-0.3, -0.25) is 4.79 Å². The number of hydrogen-bond acceptors (Lipinski definition) is 4. The van der Waals surface area contributed by atoms with Crippen molar-refractivity contribution < 1.29 is 13.2 Å². The van der Waals surface area contributed by atoms with Crippen LogP contribution in [-0.2, 0) is 14.6 Å². The Hall–Kier alpha value is -1.43. The first kappa shape index (κ1) is 12.0. The van der Waals surface area contributed by atoms with Gasteiger partial charge >= 0.3 is 0 Å². The van der Waals surface area contributed by atoms with Crippen LogP contribution in [0.25, 0.3) is 0 Å². The summed E-state index contributed by atoms with van der Waals surface area (Å²) < 4.78 is 22.5. The van der Waals surface area contributed by atoms with E-state index in [1.54, 1.807) is 12.1 Å². The number of carbonyl (C=O) groups is 1. The van der Waals surface area contributed by atoms with Crippen molar-refractivity contribution in [2.45, 2.75) is 13.3 Å². The molecule has 0 radical (unpaired) electrons. The molecule has 1 amide bonds. The van der Waals surface area contributed by atoms with Crippen molar-refractivity contribution in [3.8, 4) is 0 Å². The molecule has 0 bridgehead atoms. The third-order valence-corrected chi connectivity index (χ3v) is 4.51. The molecule has 1 aliphatic rings. The number of anilines is 1. The number of nitrogens with one attached hydrogen (secondary N) is 1. The molecule has 1 aromatic rings. The molecular formula is C11H14N2O3S. The minimum atomic E-state index is -3.02. The average Bonchev–Trinajstić information content (AvgIpc) is 2.59. The van der Waals surface area contributed by atoms with Crippen LogP contribution in [0, 0.1) is 12.8 Å². The van der Waals surface area contributed by atoms with Crippen molar-refractivity contribution in [2.24, 2.45) is 5.92 Å². The molecule has 0 spiro atoms. The molecule has 1 unspecified atom stereocenters. The number of aryl methyl sites for hydroxylation is 1. The van der Waals surface area contributed by atoms with Crippen molar-refractivity contribution in [1.29, 1.82) is 0 Å². The highest BCUT2D eigenvalue weighted by molar-refractivity contribution is 7.91. The largest absolute Gasteiger partial charge is 0.310 e. The number of aromatic nitrogens is 1. The number of hydrogen-bond donors (Lipinski definition) is 1. The van der Waals surface area contributed by atoms with E-state index in [4.69, 9.17) is 0 Å². The second-order valence-electron chi connectivity index (χ2n) is 4.25. The highest BCUT2D eigenvalue weighted by atomic mass is 32.2. The lowest BCUT2D eigenvalue weighted by Gasteiger charge is -2.08. The van der Waals surface area contributed by atoms with E-state index in [0.29, 0.717) is 12.2 Å². The summed E-state index contributed by atoms with van der Waals surface area (Å²) in [6.07, 6.45) is 0.403. The van der Waals surface area contributed by atoms with Gasteiger partial charge in [-0.2, -0.15) is 0 Å². The van der Waals surface area contributed by atoms with Crippen LogP contribution in [0.3, 0.4) is 0 Å². The van der Waals surface area contributed by atoms with Crippen molar-refractivity contribution in [3.05, 3.63) is 23.9 Å². The number of rotatable bonds is 2. The van der Waals surface area contributed by atoms with Gasteiger partial charge in [0, 0.05) is 5.69 Å². The van der Waals surface area contributed by atoms with E-state index in [2.05, 4.69) is 10.3 Å². The number of nitrogens with zero attached hydrogens (tertiary/aromatic N) is 1. The molecule has 92 valence electrons. The van der Waals surface area contributed by atoms with Crippen LogP contribution in [-0.4, -0.2) is 30.8 Å². The highest BCUT2D eigenvalue weighted by Crippen LogP contribution is 2.19. The van der Waals surface area contributed by atoms with Gasteiger partial charge in [0.05, 0.1) is 17.4 Å². The number of carbonyl (C=O) groups excluding carboxylic acids is 1.